The predicted octanol–water partition coefficient (Wildman–Crippen LogP) is 3.00. The first-order chi connectivity index (χ1) is 10.6. The number of aliphatic hydroxyl groups excluding tert-OH is 1. The van der Waals surface area contributed by atoms with Gasteiger partial charge in [-0.3, -0.25) is 4.90 Å². The third kappa shape index (κ3) is 4.82. The molecular weight excluding hydrogens is 328 g/mol. The first-order valence-corrected chi connectivity index (χ1v) is 6.83. The fourth-order valence-corrected chi connectivity index (χ4v) is 2.33. The Morgan fingerprint density at radius 2 is 1.91 bits per heavy atom. The first-order valence-electron chi connectivity index (χ1n) is 6.83. The smallest absolute Gasteiger partial charge is 0.382 e. The largest absolute Gasteiger partial charge is 0.416 e. The van der Waals surface area contributed by atoms with Crippen LogP contribution >= 0.6 is 0 Å². The SMILES string of the molecule is OC(CN1CCOC(c2cccc(C(F)(F)F)c2)C1)C(F)(F)F. The number of benzene rings is 1. The summed E-state index contributed by atoms with van der Waals surface area (Å²) in [4.78, 5) is 1.33. The fraction of sp³-hybridized carbons (Fsp3) is 0.571. The molecule has 1 heterocycles. The van der Waals surface area contributed by atoms with E-state index < -0.39 is 36.7 Å². The molecule has 0 amide bonds. The minimum atomic E-state index is -4.73. The van der Waals surface area contributed by atoms with Gasteiger partial charge in [0, 0.05) is 19.6 Å². The molecule has 130 valence electrons. The van der Waals surface area contributed by atoms with Crippen molar-refractivity contribution in [3.63, 3.8) is 0 Å². The number of ether oxygens (including phenoxy) is 1. The van der Waals surface area contributed by atoms with Gasteiger partial charge >= 0.3 is 12.4 Å². The Kier molecular flexibility index (Phi) is 5.22. The van der Waals surface area contributed by atoms with Crippen LogP contribution in [0.1, 0.15) is 17.2 Å². The Morgan fingerprint density at radius 3 is 2.52 bits per heavy atom. The van der Waals surface area contributed by atoms with Crippen LogP contribution in [0.25, 0.3) is 0 Å². The molecule has 1 N–H and O–H groups in total. The van der Waals surface area contributed by atoms with Crippen LogP contribution in [0.3, 0.4) is 0 Å². The quantitative estimate of drug-likeness (QED) is 0.857. The van der Waals surface area contributed by atoms with E-state index in [9.17, 15) is 26.3 Å². The van der Waals surface area contributed by atoms with E-state index in [0.29, 0.717) is 0 Å². The Hall–Kier alpha value is -1.32. The third-order valence-electron chi connectivity index (χ3n) is 3.55. The van der Waals surface area contributed by atoms with E-state index in [0.717, 1.165) is 12.1 Å². The fourth-order valence-electron chi connectivity index (χ4n) is 2.33. The summed E-state index contributed by atoms with van der Waals surface area (Å²) >= 11 is 0. The molecule has 3 nitrogen and oxygen atoms in total. The number of nitrogens with zero attached hydrogens (tertiary/aromatic N) is 1. The zero-order valence-electron chi connectivity index (χ0n) is 11.9. The molecule has 0 saturated carbocycles. The molecule has 1 saturated heterocycles. The van der Waals surface area contributed by atoms with Crippen LogP contribution in [0.15, 0.2) is 24.3 Å². The molecule has 0 radical (unpaired) electrons. The number of hydrogen-bond donors (Lipinski definition) is 1. The normalized spacial score (nSPS) is 22.1. The summed E-state index contributed by atoms with van der Waals surface area (Å²) < 4.78 is 80.6. The Labute approximate surface area is 128 Å². The van der Waals surface area contributed by atoms with Gasteiger partial charge in [-0.15, -0.1) is 0 Å². The van der Waals surface area contributed by atoms with Gasteiger partial charge in [0.25, 0.3) is 0 Å². The zero-order chi connectivity index (χ0) is 17.3. The molecular formula is C14H15F6NO2. The Morgan fingerprint density at radius 1 is 1.22 bits per heavy atom. The maximum absolute atomic E-state index is 12.7. The van der Waals surface area contributed by atoms with Gasteiger partial charge in [0.1, 0.15) is 0 Å². The summed E-state index contributed by atoms with van der Waals surface area (Å²) in [6.07, 6.45) is -12.5. The van der Waals surface area contributed by atoms with Gasteiger partial charge in [-0.25, -0.2) is 0 Å². The molecule has 0 aromatic heterocycles. The minimum absolute atomic E-state index is 0.0194. The molecule has 1 aliphatic rings. The number of aliphatic hydroxyl groups is 1. The van der Waals surface area contributed by atoms with Crippen molar-refractivity contribution in [2.24, 2.45) is 0 Å². The molecule has 1 aliphatic heterocycles. The van der Waals surface area contributed by atoms with Crippen molar-refractivity contribution >= 4 is 0 Å². The lowest BCUT2D eigenvalue weighted by atomic mass is 10.0. The highest BCUT2D eigenvalue weighted by Gasteiger charge is 2.40. The molecule has 9 heteroatoms. The number of morpholine rings is 1. The highest BCUT2D eigenvalue weighted by Crippen LogP contribution is 2.32. The second kappa shape index (κ2) is 6.66. The van der Waals surface area contributed by atoms with Crippen molar-refractivity contribution in [1.82, 2.24) is 4.90 Å². The summed E-state index contributed by atoms with van der Waals surface area (Å²) in [6.45, 7) is -0.412. The van der Waals surface area contributed by atoms with E-state index in [1.807, 2.05) is 0 Å². The van der Waals surface area contributed by atoms with Crippen LogP contribution in [0.2, 0.25) is 0 Å². The van der Waals surface area contributed by atoms with E-state index in [1.54, 1.807) is 0 Å². The molecule has 2 rings (SSSR count). The van der Waals surface area contributed by atoms with Crippen LogP contribution < -0.4 is 0 Å². The van der Waals surface area contributed by atoms with E-state index in [2.05, 4.69) is 0 Å². The topological polar surface area (TPSA) is 32.7 Å². The van der Waals surface area contributed by atoms with Crippen molar-refractivity contribution < 1.29 is 36.2 Å². The summed E-state index contributed by atoms with van der Waals surface area (Å²) in [5.74, 6) is 0. The van der Waals surface area contributed by atoms with Crippen molar-refractivity contribution in [1.29, 1.82) is 0 Å². The van der Waals surface area contributed by atoms with Gasteiger partial charge in [-0.1, -0.05) is 12.1 Å². The van der Waals surface area contributed by atoms with Gasteiger partial charge in [-0.05, 0) is 17.7 Å². The first kappa shape index (κ1) is 18.0. The van der Waals surface area contributed by atoms with Crippen LogP contribution in [0.4, 0.5) is 26.3 Å². The highest BCUT2D eigenvalue weighted by atomic mass is 19.4. The van der Waals surface area contributed by atoms with Crippen LogP contribution in [-0.4, -0.2) is 48.5 Å². The highest BCUT2D eigenvalue weighted by molar-refractivity contribution is 5.27. The molecule has 0 spiro atoms. The van der Waals surface area contributed by atoms with Crippen LogP contribution in [0, 0.1) is 0 Å². The zero-order valence-corrected chi connectivity index (χ0v) is 11.9. The van der Waals surface area contributed by atoms with Crippen LogP contribution in [0.5, 0.6) is 0 Å². The predicted molar refractivity (Wildman–Crippen MR) is 68.6 cm³/mol. The Bertz CT molecular complexity index is 531. The van der Waals surface area contributed by atoms with E-state index in [4.69, 9.17) is 9.84 Å². The van der Waals surface area contributed by atoms with Gasteiger partial charge in [-0.2, -0.15) is 26.3 Å². The molecule has 0 aliphatic carbocycles. The number of hydrogen-bond acceptors (Lipinski definition) is 3. The average molecular weight is 343 g/mol. The molecule has 1 aromatic rings. The third-order valence-corrected chi connectivity index (χ3v) is 3.55. The van der Waals surface area contributed by atoms with Gasteiger partial charge in [0.15, 0.2) is 6.10 Å². The van der Waals surface area contributed by atoms with Gasteiger partial charge in [0.2, 0.25) is 0 Å². The van der Waals surface area contributed by atoms with E-state index in [1.165, 1.54) is 17.0 Å². The maximum atomic E-state index is 12.7. The van der Waals surface area contributed by atoms with Crippen molar-refractivity contribution in [2.45, 2.75) is 24.6 Å². The number of halogens is 6. The van der Waals surface area contributed by atoms with E-state index >= 15 is 0 Å². The van der Waals surface area contributed by atoms with Crippen LogP contribution in [-0.2, 0) is 10.9 Å². The number of rotatable bonds is 3. The molecule has 1 aromatic carbocycles. The molecule has 2 atom stereocenters. The molecule has 1 fully saturated rings. The minimum Gasteiger partial charge on any atom is -0.382 e. The number of β-amino-alcohol motifs (C(OH)–C–C–N with tert-alkyl or cyclic N) is 1. The lowest BCUT2D eigenvalue weighted by molar-refractivity contribution is -0.211. The van der Waals surface area contributed by atoms with Gasteiger partial charge in [0.05, 0.1) is 18.3 Å². The summed E-state index contributed by atoms with van der Waals surface area (Å²) in [5.41, 5.74) is -0.600. The lowest BCUT2D eigenvalue weighted by Gasteiger charge is -2.34. The van der Waals surface area contributed by atoms with Crippen molar-refractivity contribution in [3.05, 3.63) is 35.4 Å². The maximum Gasteiger partial charge on any atom is 0.416 e. The summed E-state index contributed by atoms with van der Waals surface area (Å²) in [7, 11) is 0. The average Bonchev–Trinajstić information content (AvgIpc) is 2.46. The van der Waals surface area contributed by atoms with Crippen molar-refractivity contribution in [2.75, 3.05) is 26.2 Å². The summed E-state index contributed by atoms with van der Waals surface area (Å²) in [6, 6.07) is 4.50. The van der Waals surface area contributed by atoms with E-state index in [-0.39, 0.29) is 25.3 Å². The molecule has 0 bridgehead atoms. The lowest BCUT2D eigenvalue weighted by Crippen LogP contribution is -2.46. The second-order valence-electron chi connectivity index (χ2n) is 5.30. The van der Waals surface area contributed by atoms with Gasteiger partial charge < -0.3 is 9.84 Å². The molecule has 23 heavy (non-hydrogen) atoms. The second-order valence-corrected chi connectivity index (χ2v) is 5.30. The molecule has 2 unspecified atom stereocenters. The standard InChI is InChI=1S/C14H15F6NO2/c15-13(16,17)10-3-1-2-9(6-10)11-7-21(4-5-23-11)8-12(22)14(18,19)20/h1-3,6,11-12,22H,4-5,7-8H2. The number of alkyl halides is 6. The summed E-state index contributed by atoms with van der Waals surface area (Å²) in [5, 5.41) is 9.09. The monoisotopic (exact) mass is 343 g/mol. The van der Waals surface area contributed by atoms with Crippen molar-refractivity contribution in [3.8, 4) is 0 Å². The Balaban J connectivity index is 2.07.